The maximum Gasteiger partial charge on any atom is 0.118 e. The SMILES string of the molecule is COc1ccc(CNc2ccc(CN3CC(CO)C3)cc2)cc1. The predicted molar refractivity (Wildman–Crippen MR) is 92.6 cm³/mol. The Morgan fingerprint density at radius 1 is 1.04 bits per heavy atom. The molecule has 1 aliphatic rings. The van der Waals surface area contributed by atoms with Gasteiger partial charge in [-0.3, -0.25) is 4.90 Å². The van der Waals surface area contributed by atoms with Crippen LogP contribution in [-0.4, -0.2) is 36.8 Å². The molecule has 2 aromatic rings. The number of hydrogen-bond donors (Lipinski definition) is 2. The van der Waals surface area contributed by atoms with Gasteiger partial charge in [-0.05, 0) is 35.4 Å². The Morgan fingerprint density at radius 2 is 1.70 bits per heavy atom. The molecule has 0 spiro atoms. The zero-order chi connectivity index (χ0) is 16.1. The van der Waals surface area contributed by atoms with Crippen LogP contribution in [0.25, 0.3) is 0 Å². The molecule has 1 fully saturated rings. The van der Waals surface area contributed by atoms with Crippen LogP contribution in [0.3, 0.4) is 0 Å². The average Bonchev–Trinajstić information content (AvgIpc) is 2.57. The van der Waals surface area contributed by atoms with E-state index in [1.807, 2.05) is 12.1 Å². The lowest BCUT2D eigenvalue weighted by Gasteiger charge is -2.38. The normalized spacial score (nSPS) is 15.2. The van der Waals surface area contributed by atoms with E-state index in [0.717, 1.165) is 37.6 Å². The van der Waals surface area contributed by atoms with Crippen molar-refractivity contribution in [1.82, 2.24) is 4.90 Å². The first-order chi connectivity index (χ1) is 11.3. The Bertz CT molecular complexity index is 604. The van der Waals surface area contributed by atoms with E-state index in [-0.39, 0.29) is 0 Å². The Kier molecular flexibility index (Phi) is 5.16. The Morgan fingerprint density at radius 3 is 2.30 bits per heavy atom. The highest BCUT2D eigenvalue weighted by Gasteiger charge is 2.25. The van der Waals surface area contributed by atoms with E-state index in [1.165, 1.54) is 11.1 Å². The number of likely N-dealkylation sites (tertiary alicyclic amines) is 1. The summed E-state index contributed by atoms with van der Waals surface area (Å²) in [7, 11) is 1.68. The maximum atomic E-state index is 9.05. The second-order valence-electron chi connectivity index (χ2n) is 6.14. The first kappa shape index (κ1) is 15.8. The third-order valence-corrected chi connectivity index (χ3v) is 4.31. The molecule has 0 aromatic heterocycles. The van der Waals surface area contributed by atoms with E-state index in [1.54, 1.807) is 7.11 Å². The predicted octanol–water partition coefficient (Wildman–Crippen LogP) is 2.73. The fraction of sp³-hybridized carbons (Fsp3) is 0.368. The molecule has 4 heteroatoms. The van der Waals surface area contributed by atoms with Crippen LogP contribution in [0.1, 0.15) is 11.1 Å². The summed E-state index contributed by atoms with van der Waals surface area (Å²) in [5, 5.41) is 12.5. The standard InChI is InChI=1S/C19H24N2O2/c1-23-19-8-4-15(5-9-19)10-20-18-6-2-16(3-7-18)11-21-12-17(13-21)14-22/h2-9,17,20,22H,10-14H2,1H3. The molecule has 0 unspecified atom stereocenters. The van der Waals surface area contributed by atoms with E-state index in [4.69, 9.17) is 9.84 Å². The molecule has 0 atom stereocenters. The van der Waals surface area contributed by atoms with Gasteiger partial charge in [0.2, 0.25) is 0 Å². The van der Waals surface area contributed by atoms with Gasteiger partial charge in [-0.15, -0.1) is 0 Å². The molecule has 0 aliphatic carbocycles. The third-order valence-electron chi connectivity index (χ3n) is 4.31. The van der Waals surface area contributed by atoms with Gasteiger partial charge in [0.25, 0.3) is 0 Å². The molecule has 2 aromatic carbocycles. The van der Waals surface area contributed by atoms with Crippen LogP contribution >= 0.6 is 0 Å². The van der Waals surface area contributed by atoms with Gasteiger partial charge in [-0.1, -0.05) is 24.3 Å². The number of aliphatic hydroxyl groups is 1. The van der Waals surface area contributed by atoms with Crippen LogP contribution < -0.4 is 10.1 Å². The average molecular weight is 312 g/mol. The Labute approximate surface area is 137 Å². The number of rotatable bonds is 7. The minimum Gasteiger partial charge on any atom is -0.497 e. The van der Waals surface area contributed by atoms with Crippen molar-refractivity contribution in [3.8, 4) is 5.75 Å². The van der Waals surface area contributed by atoms with E-state index in [2.05, 4.69) is 46.6 Å². The number of aliphatic hydroxyl groups excluding tert-OH is 1. The highest BCUT2D eigenvalue weighted by atomic mass is 16.5. The fourth-order valence-corrected chi connectivity index (χ4v) is 2.86. The van der Waals surface area contributed by atoms with Crippen LogP contribution in [0.15, 0.2) is 48.5 Å². The highest BCUT2D eigenvalue weighted by molar-refractivity contribution is 5.45. The molecule has 2 N–H and O–H groups in total. The number of nitrogens with one attached hydrogen (secondary N) is 1. The van der Waals surface area contributed by atoms with E-state index < -0.39 is 0 Å². The number of anilines is 1. The summed E-state index contributed by atoms with van der Waals surface area (Å²) in [4.78, 5) is 2.36. The van der Waals surface area contributed by atoms with Crippen LogP contribution in [0, 0.1) is 5.92 Å². The van der Waals surface area contributed by atoms with Crippen molar-refractivity contribution >= 4 is 5.69 Å². The summed E-state index contributed by atoms with van der Waals surface area (Å²) in [5.74, 6) is 1.35. The molecule has 0 amide bonds. The molecule has 1 aliphatic heterocycles. The van der Waals surface area contributed by atoms with Crippen molar-refractivity contribution in [3.63, 3.8) is 0 Å². The van der Waals surface area contributed by atoms with Crippen LogP contribution in [0.2, 0.25) is 0 Å². The van der Waals surface area contributed by atoms with Crippen molar-refractivity contribution in [2.24, 2.45) is 5.92 Å². The lowest BCUT2D eigenvalue weighted by molar-refractivity contribution is 0.0479. The van der Waals surface area contributed by atoms with Crippen molar-refractivity contribution in [2.45, 2.75) is 13.1 Å². The van der Waals surface area contributed by atoms with E-state index in [9.17, 15) is 0 Å². The summed E-state index contributed by atoms with van der Waals surface area (Å²) in [6.07, 6.45) is 0. The van der Waals surface area contributed by atoms with Crippen LogP contribution in [0.4, 0.5) is 5.69 Å². The summed E-state index contributed by atoms with van der Waals surface area (Å²) in [6, 6.07) is 16.7. The Balaban J connectivity index is 1.47. The van der Waals surface area contributed by atoms with Crippen molar-refractivity contribution in [3.05, 3.63) is 59.7 Å². The summed E-state index contributed by atoms with van der Waals surface area (Å²) in [5.41, 5.74) is 3.67. The van der Waals surface area contributed by atoms with Crippen molar-refractivity contribution < 1.29 is 9.84 Å². The van der Waals surface area contributed by atoms with Crippen molar-refractivity contribution in [2.75, 3.05) is 32.1 Å². The number of ether oxygens (including phenoxy) is 1. The highest BCUT2D eigenvalue weighted by Crippen LogP contribution is 2.19. The van der Waals surface area contributed by atoms with Gasteiger partial charge >= 0.3 is 0 Å². The fourth-order valence-electron chi connectivity index (χ4n) is 2.86. The minimum atomic E-state index is 0.310. The van der Waals surface area contributed by atoms with Crippen LogP contribution in [0.5, 0.6) is 5.75 Å². The molecule has 0 bridgehead atoms. The molecule has 4 nitrogen and oxygen atoms in total. The molecule has 1 heterocycles. The molecular weight excluding hydrogens is 288 g/mol. The topological polar surface area (TPSA) is 44.7 Å². The molecule has 1 saturated heterocycles. The number of methoxy groups -OCH3 is 1. The maximum absolute atomic E-state index is 9.05. The number of benzene rings is 2. The summed E-state index contributed by atoms with van der Waals surface area (Å²) < 4.78 is 5.17. The van der Waals surface area contributed by atoms with Gasteiger partial charge in [0.15, 0.2) is 0 Å². The molecule has 3 rings (SSSR count). The van der Waals surface area contributed by atoms with Gasteiger partial charge in [0, 0.05) is 44.4 Å². The van der Waals surface area contributed by atoms with Gasteiger partial charge in [0.1, 0.15) is 5.75 Å². The molecular formula is C19H24N2O2. The second-order valence-corrected chi connectivity index (χ2v) is 6.14. The first-order valence-electron chi connectivity index (χ1n) is 8.06. The molecule has 0 saturated carbocycles. The van der Waals surface area contributed by atoms with Crippen molar-refractivity contribution in [1.29, 1.82) is 0 Å². The smallest absolute Gasteiger partial charge is 0.118 e. The summed E-state index contributed by atoms with van der Waals surface area (Å²) in [6.45, 7) is 4.09. The van der Waals surface area contributed by atoms with E-state index in [0.29, 0.717) is 12.5 Å². The zero-order valence-corrected chi connectivity index (χ0v) is 13.5. The largest absolute Gasteiger partial charge is 0.497 e. The molecule has 0 radical (unpaired) electrons. The third kappa shape index (κ3) is 4.24. The first-order valence-corrected chi connectivity index (χ1v) is 8.06. The summed E-state index contributed by atoms with van der Waals surface area (Å²) >= 11 is 0. The number of nitrogens with zero attached hydrogens (tertiary/aromatic N) is 1. The second kappa shape index (κ2) is 7.49. The quantitative estimate of drug-likeness (QED) is 0.825. The van der Waals surface area contributed by atoms with Gasteiger partial charge in [0.05, 0.1) is 7.11 Å². The van der Waals surface area contributed by atoms with Gasteiger partial charge < -0.3 is 15.2 Å². The lowest BCUT2D eigenvalue weighted by Crippen LogP contribution is -2.47. The van der Waals surface area contributed by atoms with E-state index >= 15 is 0 Å². The molecule has 23 heavy (non-hydrogen) atoms. The zero-order valence-electron chi connectivity index (χ0n) is 13.5. The minimum absolute atomic E-state index is 0.310. The Hall–Kier alpha value is -2.04. The molecule has 122 valence electrons. The van der Waals surface area contributed by atoms with Crippen LogP contribution in [-0.2, 0) is 13.1 Å². The van der Waals surface area contributed by atoms with Gasteiger partial charge in [-0.2, -0.15) is 0 Å². The lowest BCUT2D eigenvalue weighted by atomic mass is 10.0. The number of hydrogen-bond acceptors (Lipinski definition) is 4. The van der Waals surface area contributed by atoms with Gasteiger partial charge in [-0.25, -0.2) is 0 Å². The monoisotopic (exact) mass is 312 g/mol.